The van der Waals surface area contributed by atoms with Gasteiger partial charge in [0.05, 0.1) is 5.56 Å². The van der Waals surface area contributed by atoms with Crippen LogP contribution >= 0.6 is 0 Å². The SMILES string of the molecule is NC1CCC(N)(C2CC2c2ccc(C(F)(F)F)cc2)CC1. The summed E-state index contributed by atoms with van der Waals surface area (Å²) < 4.78 is 37.7. The average molecular weight is 298 g/mol. The Morgan fingerprint density at radius 3 is 2.14 bits per heavy atom. The maximum Gasteiger partial charge on any atom is 0.416 e. The summed E-state index contributed by atoms with van der Waals surface area (Å²) in [4.78, 5) is 0. The van der Waals surface area contributed by atoms with Crippen molar-refractivity contribution in [2.24, 2.45) is 17.4 Å². The molecule has 2 unspecified atom stereocenters. The van der Waals surface area contributed by atoms with Crippen LogP contribution in [-0.4, -0.2) is 11.6 Å². The van der Waals surface area contributed by atoms with Crippen molar-refractivity contribution in [3.63, 3.8) is 0 Å². The van der Waals surface area contributed by atoms with Gasteiger partial charge in [0.25, 0.3) is 0 Å². The Labute approximate surface area is 122 Å². The van der Waals surface area contributed by atoms with Crippen molar-refractivity contribution < 1.29 is 13.2 Å². The molecule has 0 amide bonds. The molecule has 2 aliphatic carbocycles. The second-order valence-corrected chi connectivity index (χ2v) is 6.64. The van der Waals surface area contributed by atoms with Crippen LogP contribution in [0, 0.1) is 5.92 Å². The van der Waals surface area contributed by atoms with E-state index in [9.17, 15) is 13.2 Å². The van der Waals surface area contributed by atoms with Crippen molar-refractivity contribution in [2.45, 2.75) is 55.8 Å². The smallest absolute Gasteiger partial charge is 0.328 e. The molecule has 1 aromatic rings. The van der Waals surface area contributed by atoms with Crippen LogP contribution in [-0.2, 0) is 6.18 Å². The third-order valence-electron chi connectivity index (χ3n) is 5.16. The highest BCUT2D eigenvalue weighted by atomic mass is 19.4. The Bertz CT molecular complexity index is 501. The lowest BCUT2D eigenvalue weighted by molar-refractivity contribution is -0.137. The molecule has 4 N–H and O–H groups in total. The third kappa shape index (κ3) is 2.94. The van der Waals surface area contributed by atoms with E-state index < -0.39 is 11.7 Å². The molecule has 0 aliphatic heterocycles. The van der Waals surface area contributed by atoms with E-state index in [1.165, 1.54) is 12.1 Å². The van der Waals surface area contributed by atoms with E-state index in [0.717, 1.165) is 37.7 Å². The number of halogens is 3. The monoisotopic (exact) mass is 298 g/mol. The maximum absolute atomic E-state index is 12.6. The molecule has 116 valence electrons. The van der Waals surface area contributed by atoms with Gasteiger partial charge in [0, 0.05) is 11.6 Å². The van der Waals surface area contributed by atoms with Gasteiger partial charge in [-0.25, -0.2) is 0 Å². The van der Waals surface area contributed by atoms with Gasteiger partial charge in [-0.1, -0.05) is 12.1 Å². The zero-order chi connectivity index (χ0) is 15.3. The van der Waals surface area contributed by atoms with Gasteiger partial charge in [0.2, 0.25) is 0 Å². The molecule has 5 heteroatoms. The lowest BCUT2D eigenvalue weighted by Gasteiger charge is -2.36. The van der Waals surface area contributed by atoms with Crippen LogP contribution in [0.4, 0.5) is 13.2 Å². The molecular formula is C16H21F3N2. The summed E-state index contributed by atoms with van der Waals surface area (Å²) >= 11 is 0. The predicted octanol–water partition coefficient (Wildman–Crippen LogP) is 3.41. The summed E-state index contributed by atoms with van der Waals surface area (Å²) in [6.07, 6.45) is 0.471. The molecule has 2 nitrogen and oxygen atoms in total. The minimum absolute atomic E-state index is 0.177. The molecule has 3 rings (SSSR count). The number of nitrogens with two attached hydrogens (primary N) is 2. The van der Waals surface area contributed by atoms with Gasteiger partial charge < -0.3 is 11.5 Å². The Morgan fingerprint density at radius 2 is 1.62 bits per heavy atom. The van der Waals surface area contributed by atoms with Crippen molar-refractivity contribution in [3.8, 4) is 0 Å². The first-order chi connectivity index (χ1) is 9.79. The van der Waals surface area contributed by atoms with E-state index in [1.54, 1.807) is 12.1 Å². The fraction of sp³-hybridized carbons (Fsp3) is 0.625. The Kier molecular flexibility index (Phi) is 3.53. The van der Waals surface area contributed by atoms with Crippen LogP contribution in [0.5, 0.6) is 0 Å². The van der Waals surface area contributed by atoms with Crippen molar-refractivity contribution in [3.05, 3.63) is 35.4 Å². The van der Waals surface area contributed by atoms with E-state index in [0.29, 0.717) is 11.8 Å². The summed E-state index contributed by atoms with van der Waals surface area (Å²) in [5.41, 5.74) is 12.6. The van der Waals surface area contributed by atoms with Crippen molar-refractivity contribution in [1.82, 2.24) is 0 Å². The van der Waals surface area contributed by atoms with Crippen LogP contribution in [0.15, 0.2) is 24.3 Å². The summed E-state index contributed by atoms with van der Waals surface area (Å²) in [7, 11) is 0. The molecule has 1 aromatic carbocycles. The van der Waals surface area contributed by atoms with E-state index in [1.807, 2.05) is 0 Å². The first-order valence-corrected chi connectivity index (χ1v) is 7.51. The van der Waals surface area contributed by atoms with Crippen LogP contribution < -0.4 is 11.5 Å². The molecule has 0 radical (unpaired) electrons. The molecule has 0 spiro atoms. The van der Waals surface area contributed by atoms with E-state index in [4.69, 9.17) is 11.5 Å². The van der Waals surface area contributed by atoms with Crippen LogP contribution in [0.3, 0.4) is 0 Å². The topological polar surface area (TPSA) is 52.0 Å². The lowest BCUT2D eigenvalue weighted by Crippen LogP contribution is -2.48. The zero-order valence-electron chi connectivity index (χ0n) is 11.9. The fourth-order valence-corrected chi connectivity index (χ4v) is 3.67. The lowest BCUT2D eigenvalue weighted by atomic mass is 9.76. The quantitative estimate of drug-likeness (QED) is 0.879. The average Bonchev–Trinajstić information content (AvgIpc) is 3.23. The minimum atomic E-state index is -4.27. The minimum Gasteiger partial charge on any atom is -0.328 e. The van der Waals surface area contributed by atoms with Gasteiger partial charge in [-0.3, -0.25) is 0 Å². The first-order valence-electron chi connectivity index (χ1n) is 7.51. The van der Waals surface area contributed by atoms with Gasteiger partial charge in [0.15, 0.2) is 0 Å². The standard InChI is InChI=1S/C16H21F3N2/c17-16(18,19)11-3-1-10(2-4-11)13-9-14(13)15(21)7-5-12(20)6-8-15/h1-4,12-14H,5-9,20-21H2. The Hall–Kier alpha value is -1.07. The normalized spacial score (nSPS) is 36.5. The molecule has 0 saturated heterocycles. The highest BCUT2D eigenvalue weighted by Crippen LogP contribution is 2.56. The Balaban J connectivity index is 1.68. The summed E-state index contributed by atoms with van der Waals surface area (Å²) in [6, 6.07) is 5.80. The zero-order valence-corrected chi connectivity index (χ0v) is 11.9. The predicted molar refractivity (Wildman–Crippen MR) is 75.7 cm³/mol. The third-order valence-corrected chi connectivity index (χ3v) is 5.16. The molecule has 0 heterocycles. The number of hydrogen-bond acceptors (Lipinski definition) is 2. The molecule has 2 saturated carbocycles. The second-order valence-electron chi connectivity index (χ2n) is 6.64. The van der Waals surface area contributed by atoms with Crippen LogP contribution in [0.1, 0.15) is 49.1 Å². The summed E-state index contributed by atoms with van der Waals surface area (Å²) in [6.45, 7) is 0. The number of alkyl halides is 3. The van der Waals surface area contributed by atoms with Gasteiger partial charge >= 0.3 is 6.18 Å². The van der Waals surface area contributed by atoms with E-state index in [2.05, 4.69) is 0 Å². The van der Waals surface area contributed by atoms with Crippen LogP contribution in [0.25, 0.3) is 0 Å². The van der Waals surface area contributed by atoms with Gasteiger partial charge in [-0.05, 0) is 61.6 Å². The van der Waals surface area contributed by atoms with E-state index in [-0.39, 0.29) is 11.6 Å². The highest BCUT2D eigenvalue weighted by Gasteiger charge is 2.51. The summed E-state index contributed by atoms with van der Waals surface area (Å²) in [5, 5.41) is 0. The largest absolute Gasteiger partial charge is 0.416 e. The molecule has 2 aliphatic rings. The van der Waals surface area contributed by atoms with Crippen molar-refractivity contribution in [1.29, 1.82) is 0 Å². The Morgan fingerprint density at radius 1 is 1.05 bits per heavy atom. The maximum atomic E-state index is 12.6. The molecule has 0 bridgehead atoms. The van der Waals surface area contributed by atoms with E-state index >= 15 is 0 Å². The second kappa shape index (κ2) is 4.99. The first kappa shape index (κ1) is 14.9. The van der Waals surface area contributed by atoms with Crippen molar-refractivity contribution in [2.75, 3.05) is 0 Å². The van der Waals surface area contributed by atoms with Gasteiger partial charge in [-0.2, -0.15) is 13.2 Å². The number of hydrogen-bond donors (Lipinski definition) is 2. The fourth-order valence-electron chi connectivity index (χ4n) is 3.67. The molecule has 21 heavy (non-hydrogen) atoms. The molecule has 0 aromatic heterocycles. The number of benzene rings is 1. The highest BCUT2D eigenvalue weighted by molar-refractivity contribution is 5.32. The van der Waals surface area contributed by atoms with Crippen LogP contribution in [0.2, 0.25) is 0 Å². The van der Waals surface area contributed by atoms with Crippen molar-refractivity contribution >= 4 is 0 Å². The van der Waals surface area contributed by atoms with Gasteiger partial charge in [0.1, 0.15) is 0 Å². The summed E-state index contributed by atoms with van der Waals surface area (Å²) in [5.74, 6) is 0.702. The molecule has 2 atom stereocenters. The molecule has 2 fully saturated rings. The molecular weight excluding hydrogens is 277 g/mol. The van der Waals surface area contributed by atoms with Gasteiger partial charge in [-0.15, -0.1) is 0 Å². The number of rotatable bonds is 2.